The average molecular weight is 210 g/mol. The van der Waals surface area contributed by atoms with Gasteiger partial charge in [-0.05, 0) is 31.6 Å². The van der Waals surface area contributed by atoms with Crippen LogP contribution in [0, 0.1) is 5.92 Å². The van der Waals surface area contributed by atoms with Gasteiger partial charge in [0.05, 0.1) is 0 Å². The topological polar surface area (TPSA) is 46.3 Å². The van der Waals surface area contributed by atoms with Crippen molar-refractivity contribution in [1.82, 2.24) is 4.90 Å². The van der Waals surface area contributed by atoms with Crippen molar-refractivity contribution in [2.75, 3.05) is 13.1 Å². The van der Waals surface area contributed by atoms with Crippen molar-refractivity contribution >= 4 is 5.91 Å². The van der Waals surface area contributed by atoms with Crippen molar-refractivity contribution in [3.63, 3.8) is 0 Å². The summed E-state index contributed by atoms with van der Waals surface area (Å²) in [6.45, 7) is 1.91. The second kappa shape index (κ2) is 4.97. The number of hydrogen-bond acceptors (Lipinski definition) is 2. The highest BCUT2D eigenvalue weighted by Crippen LogP contribution is 2.33. The summed E-state index contributed by atoms with van der Waals surface area (Å²) in [7, 11) is 0. The minimum Gasteiger partial charge on any atom is -0.343 e. The van der Waals surface area contributed by atoms with Crippen LogP contribution < -0.4 is 5.73 Å². The summed E-state index contributed by atoms with van der Waals surface area (Å²) < 4.78 is 0. The fourth-order valence-electron chi connectivity index (χ4n) is 2.34. The van der Waals surface area contributed by atoms with E-state index in [1.165, 1.54) is 38.5 Å². The molecule has 2 fully saturated rings. The molecule has 1 amide bonds. The molecule has 86 valence electrons. The molecule has 0 aromatic carbocycles. The lowest BCUT2D eigenvalue weighted by Crippen LogP contribution is -2.37. The third-order valence-corrected chi connectivity index (χ3v) is 3.60. The van der Waals surface area contributed by atoms with Gasteiger partial charge in [0.1, 0.15) is 0 Å². The standard InChI is InChI=1S/C12H22N2O/c13-11(10-5-6-10)9-12(15)14-7-3-1-2-4-8-14/h10-11H,1-9,13H2. The molecule has 3 nitrogen and oxygen atoms in total. The summed E-state index contributed by atoms with van der Waals surface area (Å²) in [4.78, 5) is 14.0. The third kappa shape index (κ3) is 3.20. The molecule has 1 aliphatic carbocycles. The Labute approximate surface area is 92.0 Å². The van der Waals surface area contributed by atoms with E-state index in [1.54, 1.807) is 0 Å². The van der Waals surface area contributed by atoms with Crippen LogP contribution >= 0.6 is 0 Å². The quantitative estimate of drug-likeness (QED) is 0.767. The molecule has 0 aromatic heterocycles. The summed E-state index contributed by atoms with van der Waals surface area (Å²) in [5, 5.41) is 0. The van der Waals surface area contributed by atoms with Crippen molar-refractivity contribution in [2.24, 2.45) is 11.7 Å². The smallest absolute Gasteiger partial charge is 0.224 e. The van der Waals surface area contributed by atoms with Crippen molar-refractivity contribution in [3.8, 4) is 0 Å². The van der Waals surface area contributed by atoms with Gasteiger partial charge in [0, 0.05) is 25.6 Å². The van der Waals surface area contributed by atoms with Gasteiger partial charge in [0.15, 0.2) is 0 Å². The molecule has 0 radical (unpaired) electrons. The van der Waals surface area contributed by atoms with E-state index in [1.807, 2.05) is 4.90 Å². The molecule has 1 heterocycles. The number of carbonyl (C=O) groups excluding carboxylic acids is 1. The molecule has 2 rings (SSSR count). The van der Waals surface area contributed by atoms with E-state index in [9.17, 15) is 4.79 Å². The van der Waals surface area contributed by atoms with Crippen molar-refractivity contribution < 1.29 is 4.79 Å². The van der Waals surface area contributed by atoms with Gasteiger partial charge in [0.25, 0.3) is 0 Å². The normalized spacial score (nSPS) is 24.7. The summed E-state index contributed by atoms with van der Waals surface area (Å²) in [6, 6.07) is 0.126. The zero-order chi connectivity index (χ0) is 10.7. The summed E-state index contributed by atoms with van der Waals surface area (Å²) in [6.07, 6.45) is 7.93. The van der Waals surface area contributed by atoms with Crippen LogP contribution in [0.25, 0.3) is 0 Å². The first kappa shape index (κ1) is 10.9. The van der Waals surface area contributed by atoms with Crippen LogP contribution in [-0.2, 0) is 4.79 Å². The van der Waals surface area contributed by atoms with E-state index >= 15 is 0 Å². The maximum atomic E-state index is 11.9. The van der Waals surface area contributed by atoms with Crippen LogP contribution in [0.5, 0.6) is 0 Å². The molecule has 0 bridgehead atoms. The predicted molar refractivity (Wildman–Crippen MR) is 60.4 cm³/mol. The Hall–Kier alpha value is -0.570. The van der Waals surface area contributed by atoms with Gasteiger partial charge in [-0.3, -0.25) is 4.79 Å². The van der Waals surface area contributed by atoms with Crippen LogP contribution in [0.15, 0.2) is 0 Å². The molecule has 1 atom stereocenters. The molecule has 1 aliphatic heterocycles. The second-order valence-electron chi connectivity index (χ2n) is 5.00. The fraction of sp³-hybridized carbons (Fsp3) is 0.917. The molecule has 15 heavy (non-hydrogen) atoms. The van der Waals surface area contributed by atoms with Crippen LogP contribution in [0.3, 0.4) is 0 Å². The van der Waals surface area contributed by atoms with Gasteiger partial charge < -0.3 is 10.6 Å². The molecule has 0 aromatic rings. The van der Waals surface area contributed by atoms with Crippen LogP contribution in [0.2, 0.25) is 0 Å². The Morgan fingerprint density at radius 3 is 2.33 bits per heavy atom. The molecular weight excluding hydrogens is 188 g/mol. The molecule has 1 unspecified atom stereocenters. The average Bonchev–Trinajstić information content (AvgIpc) is 3.05. The Bertz CT molecular complexity index is 218. The van der Waals surface area contributed by atoms with Gasteiger partial charge in [-0.2, -0.15) is 0 Å². The van der Waals surface area contributed by atoms with E-state index in [2.05, 4.69) is 0 Å². The molecule has 0 spiro atoms. The summed E-state index contributed by atoms with van der Waals surface area (Å²) in [5.74, 6) is 0.928. The maximum Gasteiger partial charge on any atom is 0.224 e. The first-order valence-electron chi connectivity index (χ1n) is 6.31. The lowest BCUT2D eigenvalue weighted by Gasteiger charge is -2.22. The van der Waals surface area contributed by atoms with E-state index < -0.39 is 0 Å². The van der Waals surface area contributed by atoms with E-state index in [-0.39, 0.29) is 11.9 Å². The lowest BCUT2D eigenvalue weighted by molar-refractivity contribution is -0.131. The second-order valence-corrected chi connectivity index (χ2v) is 5.00. The Morgan fingerprint density at radius 2 is 1.80 bits per heavy atom. The van der Waals surface area contributed by atoms with Gasteiger partial charge in [-0.1, -0.05) is 12.8 Å². The zero-order valence-electron chi connectivity index (χ0n) is 9.45. The minimum absolute atomic E-state index is 0.126. The van der Waals surface area contributed by atoms with E-state index in [4.69, 9.17) is 5.73 Å². The van der Waals surface area contributed by atoms with Gasteiger partial charge >= 0.3 is 0 Å². The molecule has 2 aliphatic rings. The van der Waals surface area contributed by atoms with Crippen LogP contribution in [0.4, 0.5) is 0 Å². The number of carbonyl (C=O) groups is 1. The monoisotopic (exact) mass is 210 g/mol. The largest absolute Gasteiger partial charge is 0.343 e. The number of nitrogens with zero attached hydrogens (tertiary/aromatic N) is 1. The van der Waals surface area contributed by atoms with Crippen molar-refractivity contribution in [2.45, 2.75) is 51.0 Å². The lowest BCUT2D eigenvalue weighted by atomic mass is 10.1. The molecule has 1 saturated heterocycles. The zero-order valence-corrected chi connectivity index (χ0v) is 9.45. The molecule has 3 heteroatoms. The highest BCUT2D eigenvalue weighted by atomic mass is 16.2. The number of hydrogen-bond donors (Lipinski definition) is 1. The van der Waals surface area contributed by atoms with E-state index in [0.29, 0.717) is 12.3 Å². The van der Waals surface area contributed by atoms with Gasteiger partial charge in [-0.25, -0.2) is 0 Å². The number of amides is 1. The predicted octanol–water partition coefficient (Wildman–Crippen LogP) is 1.52. The van der Waals surface area contributed by atoms with Crippen molar-refractivity contribution in [3.05, 3.63) is 0 Å². The van der Waals surface area contributed by atoms with Gasteiger partial charge in [-0.15, -0.1) is 0 Å². The first-order chi connectivity index (χ1) is 7.27. The number of nitrogens with two attached hydrogens (primary N) is 1. The first-order valence-corrected chi connectivity index (χ1v) is 6.31. The van der Waals surface area contributed by atoms with Crippen LogP contribution in [0.1, 0.15) is 44.9 Å². The highest BCUT2D eigenvalue weighted by molar-refractivity contribution is 5.76. The maximum absolute atomic E-state index is 11.9. The Kier molecular flexibility index (Phi) is 3.62. The van der Waals surface area contributed by atoms with Gasteiger partial charge in [0.2, 0.25) is 5.91 Å². The highest BCUT2D eigenvalue weighted by Gasteiger charge is 2.30. The molecule has 2 N–H and O–H groups in total. The third-order valence-electron chi connectivity index (χ3n) is 3.60. The minimum atomic E-state index is 0.126. The fourth-order valence-corrected chi connectivity index (χ4v) is 2.34. The summed E-state index contributed by atoms with van der Waals surface area (Å²) in [5.41, 5.74) is 5.98. The number of likely N-dealkylation sites (tertiary alicyclic amines) is 1. The SMILES string of the molecule is NC(CC(=O)N1CCCCCC1)C1CC1. The Balaban J connectivity index is 1.77. The molecular formula is C12H22N2O. The van der Waals surface area contributed by atoms with E-state index in [0.717, 1.165) is 13.1 Å². The Morgan fingerprint density at radius 1 is 1.20 bits per heavy atom. The summed E-state index contributed by atoms with van der Waals surface area (Å²) >= 11 is 0. The van der Waals surface area contributed by atoms with Crippen molar-refractivity contribution in [1.29, 1.82) is 0 Å². The number of rotatable bonds is 3. The molecule has 1 saturated carbocycles. The van der Waals surface area contributed by atoms with Crippen LogP contribution in [-0.4, -0.2) is 29.9 Å².